The molecular weight excluding hydrogens is 390 g/mol. The lowest BCUT2D eigenvalue weighted by atomic mass is 9.76. The van der Waals surface area contributed by atoms with Crippen LogP contribution in [0.4, 0.5) is 0 Å². The Balaban J connectivity index is 0.00000466. The summed E-state index contributed by atoms with van der Waals surface area (Å²) in [6.07, 6.45) is 22.8. The van der Waals surface area contributed by atoms with Crippen LogP contribution in [0.5, 0.6) is 0 Å². The van der Waals surface area contributed by atoms with E-state index in [9.17, 15) is 4.79 Å². The molecule has 2 nitrogen and oxygen atoms in total. The van der Waals surface area contributed by atoms with Gasteiger partial charge in [-0.1, -0.05) is 80.9 Å². The monoisotopic (exact) mass is 441 g/mol. The molecule has 0 heterocycles. The number of allylic oxidation sites excluding steroid dienone is 8. The van der Waals surface area contributed by atoms with E-state index in [1.165, 1.54) is 36.0 Å². The van der Waals surface area contributed by atoms with Crippen molar-refractivity contribution < 1.29 is 4.79 Å². The van der Waals surface area contributed by atoms with E-state index in [-0.39, 0.29) is 5.91 Å². The highest BCUT2D eigenvalue weighted by Gasteiger charge is 2.22. The second kappa shape index (κ2) is 18.7. The van der Waals surface area contributed by atoms with Crippen molar-refractivity contribution in [1.82, 2.24) is 5.32 Å². The van der Waals surface area contributed by atoms with Gasteiger partial charge in [0.05, 0.1) is 0 Å². The Morgan fingerprint density at radius 1 is 0.844 bits per heavy atom. The number of rotatable bonds is 11. The summed E-state index contributed by atoms with van der Waals surface area (Å²) in [7, 11) is 0. The van der Waals surface area contributed by atoms with Crippen LogP contribution in [-0.2, 0) is 4.79 Å². The third kappa shape index (κ3) is 15.9. The van der Waals surface area contributed by atoms with Gasteiger partial charge in [-0.15, -0.1) is 0 Å². The summed E-state index contributed by atoms with van der Waals surface area (Å²) in [5.74, 6) is 2.29. The van der Waals surface area contributed by atoms with Gasteiger partial charge in [0, 0.05) is 12.6 Å². The minimum Gasteiger partial charge on any atom is -0.349 e. The van der Waals surface area contributed by atoms with Crippen LogP contribution >= 0.6 is 0 Å². The van der Waals surface area contributed by atoms with Crippen LogP contribution in [0, 0.1) is 17.8 Å². The van der Waals surface area contributed by atoms with Crippen LogP contribution in [0.1, 0.15) is 100 Å². The third-order valence-electron chi connectivity index (χ3n) is 6.23. The van der Waals surface area contributed by atoms with E-state index in [1.54, 1.807) is 6.08 Å². The van der Waals surface area contributed by atoms with Gasteiger partial charge < -0.3 is 5.32 Å². The van der Waals surface area contributed by atoms with Crippen molar-refractivity contribution in [2.45, 2.75) is 100 Å². The maximum absolute atomic E-state index is 11.9. The van der Waals surface area contributed by atoms with E-state index in [0.717, 1.165) is 37.5 Å². The molecule has 182 valence electrons. The minimum absolute atomic E-state index is 0.0238. The highest BCUT2D eigenvalue weighted by atomic mass is 16.1. The molecule has 1 rings (SSSR count). The molecule has 1 amide bonds. The minimum atomic E-state index is -0.0238. The lowest BCUT2D eigenvalue weighted by Gasteiger charge is -2.30. The molecule has 0 spiro atoms. The molecular formula is C30H51NO. The Kier molecular flexibility index (Phi) is 17.6. The molecule has 0 saturated heterocycles. The van der Waals surface area contributed by atoms with Crippen LogP contribution in [0.3, 0.4) is 0 Å². The first-order chi connectivity index (χ1) is 15.3. The van der Waals surface area contributed by atoms with Gasteiger partial charge in [-0.25, -0.2) is 0 Å². The van der Waals surface area contributed by atoms with Gasteiger partial charge in [0.2, 0.25) is 5.91 Å². The van der Waals surface area contributed by atoms with Crippen LogP contribution in [0.25, 0.3) is 0 Å². The van der Waals surface area contributed by atoms with Crippen LogP contribution in [0.15, 0.2) is 59.3 Å². The normalized spacial score (nSPS) is 21.9. The fraction of sp³-hybridized carbons (Fsp3) is 0.633. The number of carbonyl (C=O) groups excluding carboxylic acids is 1. The molecule has 3 atom stereocenters. The zero-order chi connectivity index (χ0) is 24.4. The summed E-state index contributed by atoms with van der Waals surface area (Å²) in [5, 5.41) is 2.94. The number of carbonyl (C=O) groups is 1. The summed E-state index contributed by atoms with van der Waals surface area (Å²) in [6.45, 7) is 18.0. The molecule has 0 aromatic carbocycles. The number of amides is 1. The number of hydrogen-bond donors (Lipinski definition) is 1. The second-order valence-electron chi connectivity index (χ2n) is 9.48. The summed E-state index contributed by atoms with van der Waals surface area (Å²) >= 11 is 0. The van der Waals surface area contributed by atoms with Crippen LogP contribution in [0.2, 0.25) is 0 Å². The van der Waals surface area contributed by atoms with Crippen molar-refractivity contribution in [3.63, 3.8) is 0 Å². The molecule has 0 radical (unpaired) electrons. The van der Waals surface area contributed by atoms with Crippen molar-refractivity contribution in [3.05, 3.63) is 59.3 Å². The maximum Gasteiger partial charge on any atom is 0.244 e. The average molecular weight is 442 g/mol. The van der Waals surface area contributed by atoms with Gasteiger partial charge >= 0.3 is 0 Å². The highest BCUT2D eigenvalue weighted by Crippen LogP contribution is 2.33. The molecule has 1 aliphatic rings. The lowest BCUT2D eigenvalue weighted by molar-refractivity contribution is -0.116. The summed E-state index contributed by atoms with van der Waals surface area (Å²) < 4.78 is 0. The van der Waals surface area contributed by atoms with E-state index in [0.29, 0.717) is 12.5 Å². The summed E-state index contributed by atoms with van der Waals surface area (Å²) in [5.41, 5.74) is 4.18. The predicted octanol–water partition coefficient (Wildman–Crippen LogP) is 8.73. The zero-order valence-corrected chi connectivity index (χ0v) is 22.3. The number of nitrogens with one attached hydrogen (secondary N) is 1. The maximum atomic E-state index is 11.9. The third-order valence-corrected chi connectivity index (χ3v) is 6.23. The van der Waals surface area contributed by atoms with Gasteiger partial charge in [0.25, 0.3) is 0 Å². The molecule has 0 aromatic rings. The molecule has 1 aliphatic carbocycles. The van der Waals surface area contributed by atoms with E-state index in [2.05, 4.69) is 71.2 Å². The Morgan fingerprint density at radius 3 is 2.09 bits per heavy atom. The lowest BCUT2D eigenvalue weighted by Crippen LogP contribution is -2.21. The van der Waals surface area contributed by atoms with Gasteiger partial charge in [-0.3, -0.25) is 4.79 Å². The Bertz CT molecular complexity index is 658. The first-order valence-electron chi connectivity index (χ1n) is 12.8. The molecule has 2 heteroatoms. The Hall–Kier alpha value is -1.83. The first-order valence-corrected chi connectivity index (χ1v) is 12.8. The zero-order valence-electron chi connectivity index (χ0n) is 22.3. The molecule has 0 aromatic heterocycles. The molecule has 1 fully saturated rings. The van der Waals surface area contributed by atoms with E-state index in [1.807, 2.05) is 26.0 Å². The standard InChI is InChI=1S/C28H45NO.C2H6/c1-22(2)11-9-12-23(3)13-10-14-24(4)19-20-29-28(30)16-8-7-15-27-18-17-25(5)26(6)21-27;1-2/h7-8,11,13,15-16,19,25-27H,9-10,12,14,17-18,20-21H2,1-6H3,(H,29,30);1-2H3/b15-7+,16-8+,23-13+,24-19+;. The van der Waals surface area contributed by atoms with E-state index >= 15 is 0 Å². The summed E-state index contributed by atoms with van der Waals surface area (Å²) in [6, 6.07) is 0. The molecule has 0 aliphatic heterocycles. The molecule has 3 unspecified atom stereocenters. The average Bonchev–Trinajstić information content (AvgIpc) is 2.75. The Labute approximate surface area is 200 Å². The predicted molar refractivity (Wildman–Crippen MR) is 144 cm³/mol. The SMILES string of the molecule is CC.CC(C)=CCC/C(C)=C/CC/C(C)=C/CNC(=O)/C=C/C=C/C1CCC(C)C(C)C1. The topological polar surface area (TPSA) is 29.1 Å². The first kappa shape index (κ1) is 30.2. The molecule has 0 bridgehead atoms. The smallest absolute Gasteiger partial charge is 0.244 e. The molecule has 32 heavy (non-hydrogen) atoms. The fourth-order valence-electron chi connectivity index (χ4n) is 3.85. The Morgan fingerprint density at radius 2 is 1.47 bits per heavy atom. The van der Waals surface area contributed by atoms with Crippen molar-refractivity contribution in [3.8, 4) is 0 Å². The molecule has 1 saturated carbocycles. The van der Waals surface area contributed by atoms with Crippen molar-refractivity contribution in [2.75, 3.05) is 6.54 Å². The second-order valence-corrected chi connectivity index (χ2v) is 9.48. The van der Waals surface area contributed by atoms with Crippen LogP contribution < -0.4 is 5.32 Å². The van der Waals surface area contributed by atoms with Gasteiger partial charge in [0.15, 0.2) is 0 Å². The van der Waals surface area contributed by atoms with Gasteiger partial charge in [-0.2, -0.15) is 0 Å². The van der Waals surface area contributed by atoms with Crippen molar-refractivity contribution in [2.24, 2.45) is 17.8 Å². The van der Waals surface area contributed by atoms with Gasteiger partial charge in [-0.05, 0) is 90.4 Å². The van der Waals surface area contributed by atoms with Crippen molar-refractivity contribution in [1.29, 1.82) is 0 Å². The van der Waals surface area contributed by atoms with E-state index in [4.69, 9.17) is 0 Å². The highest BCUT2D eigenvalue weighted by molar-refractivity contribution is 5.87. The summed E-state index contributed by atoms with van der Waals surface area (Å²) in [4.78, 5) is 11.9. The quantitative estimate of drug-likeness (QED) is 0.194. The number of hydrogen-bond acceptors (Lipinski definition) is 1. The van der Waals surface area contributed by atoms with E-state index < -0.39 is 0 Å². The van der Waals surface area contributed by atoms with Crippen LogP contribution in [-0.4, -0.2) is 12.5 Å². The molecule has 1 N–H and O–H groups in total. The largest absolute Gasteiger partial charge is 0.349 e. The van der Waals surface area contributed by atoms with Crippen molar-refractivity contribution >= 4 is 5.91 Å². The fourth-order valence-corrected chi connectivity index (χ4v) is 3.85. The van der Waals surface area contributed by atoms with Gasteiger partial charge in [0.1, 0.15) is 0 Å².